The summed E-state index contributed by atoms with van der Waals surface area (Å²) in [5.41, 5.74) is 0.703. The van der Waals surface area contributed by atoms with Crippen molar-refractivity contribution in [2.45, 2.75) is 38.5 Å². The van der Waals surface area contributed by atoms with E-state index in [0.717, 1.165) is 54.3 Å². The number of nitrogens with one attached hydrogen (secondary N) is 1. The van der Waals surface area contributed by atoms with Gasteiger partial charge in [-0.25, -0.2) is 0 Å². The molecule has 1 saturated heterocycles. The minimum Gasteiger partial charge on any atom is -0.354 e. The molecule has 4 aliphatic carbocycles. The van der Waals surface area contributed by atoms with Gasteiger partial charge in [-0.3, -0.25) is 19.3 Å². The molecule has 1 aromatic rings. The Labute approximate surface area is 175 Å². The van der Waals surface area contributed by atoms with Crippen LogP contribution < -0.4 is 5.32 Å². The lowest BCUT2D eigenvalue weighted by atomic mass is 9.49. The quantitative estimate of drug-likeness (QED) is 0.744. The lowest BCUT2D eigenvalue weighted by Gasteiger charge is -2.55. The lowest BCUT2D eigenvalue weighted by Crippen LogP contribution is -2.54. The molecule has 0 aromatic heterocycles. The molecule has 0 atom stereocenters. The highest BCUT2D eigenvalue weighted by Crippen LogP contribution is 2.60. The van der Waals surface area contributed by atoms with Crippen molar-refractivity contribution in [1.82, 2.24) is 10.2 Å². The number of thioether (sulfide) groups is 1. The van der Waals surface area contributed by atoms with Gasteiger partial charge in [0.2, 0.25) is 5.91 Å². The van der Waals surface area contributed by atoms with Gasteiger partial charge in [0.05, 0.1) is 4.91 Å². The van der Waals surface area contributed by atoms with Crippen LogP contribution in [0.25, 0.3) is 6.08 Å². The highest BCUT2D eigenvalue weighted by molar-refractivity contribution is 8.18. The van der Waals surface area contributed by atoms with Crippen LogP contribution in [0.4, 0.5) is 4.79 Å². The predicted molar refractivity (Wildman–Crippen MR) is 113 cm³/mol. The third kappa shape index (κ3) is 3.52. The van der Waals surface area contributed by atoms with Gasteiger partial charge in [-0.05, 0) is 79.7 Å². The van der Waals surface area contributed by atoms with Gasteiger partial charge >= 0.3 is 0 Å². The second-order valence-electron chi connectivity index (χ2n) is 9.20. The van der Waals surface area contributed by atoms with E-state index in [1.165, 1.54) is 24.2 Å². The van der Waals surface area contributed by atoms with Crippen molar-refractivity contribution in [3.8, 4) is 0 Å². The SMILES string of the molecule is O=C1S/C(=C\c2ccccc2)C(=O)N1CCNC(=O)C12CC3CC(CC(C3)C1)C2. The number of amides is 3. The van der Waals surface area contributed by atoms with Crippen molar-refractivity contribution in [1.29, 1.82) is 0 Å². The fraction of sp³-hybridized carbons (Fsp3) is 0.522. The van der Waals surface area contributed by atoms with E-state index in [1.807, 2.05) is 30.3 Å². The van der Waals surface area contributed by atoms with Crippen LogP contribution in [0, 0.1) is 23.2 Å². The minimum absolute atomic E-state index is 0.142. The largest absolute Gasteiger partial charge is 0.354 e. The maximum atomic E-state index is 13.0. The summed E-state index contributed by atoms with van der Waals surface area (Å²) in [4.78, 5) is 39.6. The zero-order valence-electron chi connectivity index (χ0n) is 16.4. The maximum absolute atomic E-state index is 13.0. The first kappa shape index (κ1) is 18.9. The molecule has 1 N–H and O–H groups in total. The molecule has 5 nitrogen and oxygen atoms in total. The topological polar surface area (TPSA) is 66.5 Å². The molecule has 5 aliphatic rings. The van der Waals surface area contributed by atoms with Crippen molar-refractivity contribution in [2.75, 3.05) is 13.1 Å². The van der Waals surface area contributed by atoms with Gasteiger partial charge in [-0.2, -0.15) is 0 Å². The fourth-order valence-electron chi connectivity index (χ4n) is 6.25. The lowest BCUT2D eigenvalue weighted by molar-refractivity contribution is -0.146. The number of imide groups is 1. The minimum atomic E-state index is -0.270. The first-order valence-corrected chi connectivity index (χ1v) is 11.4. The Morgan fingerprint density at radius 1 is 1.07 bits per heavy atom. The molecule has 3 amide bonds. The Hall–Kier alpha value is -2.08. The number of rotatable bonds is 5. The molecule has 4 saturated carbocycles. The molecule has 1 heterocycles. The number of hydrogen-bond acceptors (Lipinski definition) is 4. The van der Waals surface area contributed by atoms with E-state index < -0.39 is 0 Å². The van der Waals surface area contributed by atoms with E-state index in [4.69, 9.17) is 0 Å². The van der Waals surface area contributed by atoms with Gasteiger partial charge in [0.1, 0.15) is 0 Å². The number of nitrogens with zero attached hydrogens (tertiary/aromatic N) is 1. The Morgan fingerprint density at radius 3 is 2.31 bits per heavy atom. The van der Waals surface area contributed by atoms with Crippen LogP contribution in [0.5, 0.6) is 0 Å². The maximum Gasteiger partial charge on any atom is 0.293 e. The molecule has 5 fully saturated rings. The van der Waals surface area contributed by atoms with Crippen LogP contribution in [0.15, 0.2) is 35.2 Å². The summed E-state index contributed by atoms with van der Waals surface area (Å²) >= 11 is 0.969. The summed E-state index contributed by atoms with van der Waals surface area (Å²) in [6.07, 6.45) is 8.72. The Kier molecular flexibility index (Phi) is 4.77. The molecule has 1 aromatic carbocycles. The van der Waals surface area contributed by atoms with Gasteiger partial charge in [0, 0.05) is 18.5 Å². The summed E-state index contributed by atoms with van der Waals surface area (Å²) in [7, 11) is 0. The third-order valence-electron chi connectivity index (χ3n) is 7.11. The highest BCUT2D eigenvalue weighted by Gasteiger charge is 2.54. The van der Waals surface area contributed by atoms with Gasteiger partial charge in [0.25, 0.3) is 11.1 Å². The second-order valence-corrected chi connectivity index (χ2v) is 10.2. The Balaban J connectivity index is 1.19. The van der Waals surface area contributed by atoms with E-state index >= 15 is 0 Å². The molecular weight excluding hydrogens is 384 g/mol. The molecule has 6 rings (SSSR count). The molecule has 29 heavy (non-hydrogen) atoms. The van der Waals surface area contributed by atoms with Crippen molar-refractivity contribution < 1.29 is 14.4 Å². The van der Waals surface area contributed by atoms with Gasteiger partial charge < -0.3 is 5.32 Å². The average molecular weight is 411 g/mol. The van der Waals surface area contributed by atoms with E-state index in [9.17, 15) is 14.4 Å². The van der Waals surface area contributed by atoms with Crippen LogP contribution in [0.2, 0.25) is 0 Å². The van der Waals surface area contributed by atoms with Crippen LogP contribution in [-0.4, -0.2) is 35.0 Å². The third-order valence-corrected chi connectivity index (χ3v) is 8.02. The fourth-order valence-corrected chi connectivity index (χ4v) is 7.12. The smallest absolute Gasteiger partial charge is 0.293 e. The predicted octanol–water partition coefficient (Wildman–Crippen LogP) is 4.06. The van der Waals surface area contributed by atoms with E-state index in [-0.39, 0.29) is 29.0 Å². The molecule has 0 spiro atoms. The average Bonchev–Trinajstić information content (AvgIpc) is 2.95. The molecule has 0 radical (unpaired) electrons. The first-order valence-electron chi connectivity index (χ1n) is 10.6. The Bertz CT molecular complexity index is 844. The number of benzene rings is 1. The van der Waals surface area contributed by atoms with Crippen molar-refractivity contribution in [2.24, 2.45) is 23.2 Å². The second kappa shape index (κ2) is 7.31. The molecule has 1 aliphatic heterocycles. The zero-order chi connectivity index (χ0) is 20.0. The van der Waals surface area contributed by atoms with Gasteiger partial charge in [0.15, 0.2) is 0 Å². The molecule has 152 valence electrons. The van der Waals surface area contributed by atoms with Crippen molar-refractivity contribution >= 4 is 34.9 Å². The molecule has 4 bridgehead atoms. The van der Waals surface area contributed by atoms with Gasteiger partial charge in [-0.1, -0.05) is 30.3 Å². The van der Waals surface area contributed by atoms with Crippen LogP contribution >= 0.6 is 11.8 Å². The van der Waals surface area contributed by atoms with Crippen LogP contribution in [0.3, 0.4) is 0 Å². The van der Waals surface area contributed by atoms with E-state index in [2.05, 4.69) is 5.32 Å². The summed E-state index contributed by atoms with van der Waals surface area (Å²) < 4.78 is 0. The Morgan fingerprint density at radius 2 is 1.69 bits per heavy atom. The molecule has 0 unspecified atom stereocenters. The van der Waals surface area contributed by atoms with E-state index in [1.54, 1.807) is 6.08 Å². The number of carbonyl (C=O) groups excluding carboxylic acids is 3. The zero-order valence-corrected chi connectivity index (χ0v) is 17.2. The number of carbonyl (C=O) groups is 3. The van der Waals surface area contributed by atoms with Crippen LogP contribution in [0.1, 0.15) is 44.1 Å². The van der Waals surface area contributed by atoms with E-state index in [0.29, 0.717) is 11.4 Å². The van der Waals surface area contributed by atoms with Crippen molar-refractivity contribution in [3.05, 3.63) is 40.8 Å². The summed E-state index contributed by atoms with van der Waals surface area (Å²) in [6.45, 7) is 0.562. The highest BCUT2D eigenvalue weighted by atomic mass is 32.2. The molecule has 6 heteroatoms. The first-order chi connectivity index (χ1) is 14.0. The monoisotopic (exact) mass is 410 g/mol. The van der Waals surface area contributed by atoms with Crippen molar-refractivity contribution in [3.63, 3.8) is 0 Å². The standard InChI is InChI=1S/C23H26N2O3S/c26-20-19(11-15-4-2-1-3-5-15)29-22(28)25(20)7-6-24-21(27)23-12-16-8-17(13-23)10-18(9-16)14-23/h1-5,11,16-18H,6-10,12-14H2,(H,24,27)/b19-11-. The van der Waals surface area contributed by atoms with Gasteiger partial charge in [-0.15, -0.1) is 0 Å². The normalized spacial score (nSPS) is 34.3. The summed E-state index contributed by atoms with van der Waals surface area (Å²) in [5, 5.41) is 2.80. The molecular formula is C23H26N2O3S. The number of hydrogen-bond donors (Lipinski definition) is 1. The summed E-state index contributed by atoms with van der Waals surface area (Å²) in [5.74, 6) is 2.03. The van der Waals surface area contributed by atoms with Crippen LogP contribution in [-0.2, 0) is 9.59 Å². The summed E-state index contributed by atoms with van der Waals surface area (Å²) in [6, 6.07) is 9.51.